The van der Waals surface area contributed by atoms with E-state index in [0.717, 1.165) is 61.3 Å². The van der Waals surface area contributed by atoms with E-state index < -0.39 is 0 Å². The van der Waals surface area contributed by atoms with Crippen molar-refractivity contribution in [3.8, 4) is 17.3 Å². The number of nitrogens with zero attached hydrogens (tertiary/aromatic N) is 4. The summed E-state index contributed by atoms with van der Waals surface area (Å²) in [7, 11) is 3.72. The average Bonchev–Trinajstić information content (AvgIpc) is 3.47. The number of methoxy groups -OCH3 is 1. The molecule has 3 aromatic carbocycles. The van der Waals surface area contributed by atoms with Crippen LogP contribution in [0.5, 0.6) is 5.75 Å². The molecule has 2 N–H and O–H groups in total. The van der Waals surface area contributed by atoms with E-state index in [1.165, 1.54) is 34.9 Å². The van der Waals surface area contributed by atoms with Crippen LogP contribution < -0.4 is 10.5 Å². The van der Waals surface area contributed by atoms with Crippen molar-refractivity contribution in [3.05, 3.63) is 89.5 Å². The van der Waals surface area contributed by atoms with Crippen LogP contribution in [0.3, 0.4) is 0 Å². The lowest BCUT2D eigenvalue weighted by atomic mass is 10.1. The molecule has 2 bridgehead atoms. The molecule has 0 spiro atoms. The molecule has 3 aliphatic rings. The SMILES string of the molecule is COc1cc(C(=O)N2C[C@H]3CC[C@@H]2[C@H]3N)cc2nc(-c3cc4ccc(/C=C/CCc5ccccc5)cc4n3CC3CC3)n(C)c12. The van der Waals surface area contributed by atoms with Gasteiger partial charge in [-0.25, -0.2) is 4.98 Å². The quantitative estimate of drug-likeness (QED) is 0.202. The molecule has 45 heavy (non-hydrogen) atoms. The van der Waals surface area contributed by atoms with Gasteiger partial charge < -0.3 is 24.5 Å². The highest BCUT2D eigenvalue weighted by Gasteiger charge is 2.47. The lowest BCUT2D eigenvalue weighted by Gasteiger charge is -2.27. The third-order valence-corrected chi connectivity index (χ3v) is 10.4. The van der Waals surface area contributed by atoms with Crippen molar-refractivity contribution in [2.75, 3.05) is 13.7 Å². The van der Waals surface area contributed by atoms with E-state index in [1.807, 2.05) is 24.1 Å². The van der Waals surface area contributed by atoms with Gasteiger partial charge >= 0.3 is 0 Å². The van der Waals surface area contributed by atoms with Gasteiger partial charge in [0.05, 0.1) is 18.3 Å². The smallest absolute Gasteiger partial charge is 0.254 e. The number of nitrogens with two attached hydrogens (primary N) is 1. The molecular formula is C38H41N5O2. The Morgan fingerprint density at radius 3 is 2.62 bits per heavy atom. The van der Waals surface area contributed by atoms with E-state index in [-0.39, 0.29) is 18.0 Å². The topological polar surface area (TPSA) is 78.3 Å². The van der Waals surface area contributed by atoms with Crippen LogP contribution >= 0.6 is 0 Å². The normalized spacial score (nSPS) is 21.1. The Kier molecular flexibility index (Phi) is 7.01. The Morgan fingerprint density at radius 1 is 1.04 bits per heavy atom. The number of hydrogen-bond donors (Lipinski definition) is 1. The Balaban J connectivity index is 1.14. The summed E-state index contributed by atoms with van der Waals surface area (Å²) in [6.45, 7) is 1.71. The van der Waals surface area contributed by atoms with Crippen molar-refractivity contribution < 1.29 is 9.53 Å². The second-order valence-electron chi connectivity index (χ2n) is 13.3. The lowest BCUT2D eigenvalue weighted by Crippen LogP contribution is -2.41. The monoisotopic (exact) mass is 599 g/mol. The molecular weight excluding hydrogens is 558 g/mol. The predicted molar refractivity (Wildman–Crippen MR) is 180 cm³/mol. The number of rotatable bonds is 9. The van der Waals surface area contributed by atoms with Crippen LogP contribution in [0.15, 0.2) is 72.8 Å². The van der Waals surface area contributed by atoms with Gasteiger partial charge in [0.25, 0.3) is 5.91 Å². The number of hydrogen-bond acceptors (Lipinski definition) is 4. The van der Waals surface area contributed by atoms with E-state index in [0.29, 0.717) is 23.1 Å². The van der Waals surface area contributed by atoms with Gasteiger partial charge in [-0.05, 0) is 85.8 Å². The molecule has 3 atom stereocenters. The number of carbonyl (C=O) groups excluding carboxylic acids is 1. The number of carbonyl (C=O) groups is 1. The van der Waals surface area contributed by atoms with E-state index in [2.05, 4.69) is 75.9 Å². The van der Waals surface area contributed by atoms with Crippen LogP contribution in [-0.4, -0.2) is 50.7 Å². The lowest BCUT2D eigenvalue weighted by molar-refractivity contribution is 0.0700. The minimum atomic E-state index is 0.0252. The van der Waals surface area contributed by atoms with Gasteiger partial charge in [-0.1, -0.05) is 54.6 Å². The minimum Gasteiger partial charge on any atom is -0.494 e. The highest BCUT2D eigenvalue weighted by molar-refractivity contribution is 6.00. The van der Waals surface area contributed by atoms with E-state index in [4.69, 9.17) is 15.5 Å². The summed E-state index contributed by atoms with van der Waals surface area (Å²) >= 11 is 0. The fourth-order valence-electron chi connectivity index (χ4n) is 7.70. The van der Waals surface area contributed by atoms with Gasteiger partial charge in [0.1, 0.15) is 11.3 Å². The highest BCUT2D eigenvalue weighted by atomic mass is 16.5. The van der Waals surface area contributed by atoms with Crippen LogP contribution in [0, 0.1) is 11.8 Å². The molecule has 1 aliphatic heterocycles. The summed E-state index contributed by atoms with van der Waals surface area (Å²) in [6, 6.07) is 23.7. The average molecular weight is 600 g/mol. The number of aromatic nitrogens is 3. The number of allylic oxidation sites excluding steroid dienone is 1. The molecule has 230 valence electrons. The van der Waals surface area contributed by atoms with Crippen LogP contribution in [0.4, 0.5) is 0 Å². The summed E-state index contributed by atoms with van der Waals surface area (Å²) < 4.78 is 10.5. The molecule has 2 aliphatic carbocycles. The zero-order valence-corrected chi connectivity index (χ0v) is 26.2. The molecule has 7 nitrogen and oxygen atoms in total. The van der Waals surface area contributed by atoms with E-state index >= 15 is 0 Å². The van der Waals surface area contributed by atoms with Crippen LogP contribution in [0.2, 0.25) is 0 Å². The Bertz CT molecular complexity index is 1930. The van der Waals surface area contributed by atoms with Gasteiger partial charge in [-0.15, -0.1) is 0 Å². The number of aryl methyl sites for hydroxylation is 2. The number of amides is 1. The number of benzene rings is 3. The van der Waals surface area contributed by atoms with Crippen LogP contribution in [0.25, 0.3) is 39.5 Å². The van der Waals surface area contributed by atoms with Gasteiger partial charge in [0.15, 0.2) is 5.82 Å². The fourth-order valence-corrected chi connectivity index (χ4v) is 7.70. The molecule has 8 rings (SSSR count). The molecule has 3 fully saturated rings. The van der Waals surface area contributed by atoms with Gasteiger partial charge in [0, 0.05) is 48.7 Å². The number of piperidine rings is 1. The van der Waals surface area contributed by atoms with Gasteiger partial charge in [-0.3, -0.25) is 4.79 Å². The summed E-state index contributed by atoms with van der Waals surface area (Å²) in [6.07, 6.45) is 11.2. The third kappa shape index (κ3) is 5.03. The molecule has 0 radical (unpaired) electrons. The minimum absolute atomic E-state index is 0.0252. The molecule has 1 saturated heterocycles. The van der Waals surface area contributed by atoms with Gasteiger partial charge in [0.2, 0.25) is 0 Å². The zero-order valence-electron chi connectivity index (χ0n) is 26.2. The van der Waals surface area contributed by atoms with Crippen molar-refractivity contribution in [2.24, 2.45) is 24.6 Å². The maximum Gasteiger partial charge on any atom is 0.254 e. The first-order valence-electron chi connectivity index (χ1n) is 16.4. The number of ether oxygens (including phenoxy) is 1. The van der Waals surface area contributed by atoms with Crippen LogP contribution in [-0.2, 0) is 20.0 Å². The van der Waals surface area contributed by atoms with Crippen molar-refractivity contribution in [1.82, 2.24) is 19.0 Å². The Morgan fingerprint density at radius 2 is 1.89 bits per heavy atom. The summed E-state index contributed by atoms with van der Waals surface area (Å²) in [5.74, 6) is 2.67. The fraction of sp³-hybridized carbons (Fsp3) is 0.368. The standard InChI is InChI=1S/C38H41N5O2/c1-41-36-30(19-29(21-34(36)45-2)38(44)43-23-28-16-17-31(43)35(28)39)40-37(41)33-20-27-15-14-25(18-32(27)42(33)22-26-12-13-26)11-7-6-10-24-8-4-3-5-9-24/h3-5,7-9,11,14-15,18-21,26,28,31,35H,6,10,12-13,16-17,22-23,39H2,1-2H3/b11-7+/t28-,31-,35+/m1/s1. The molecule has 0 unspecified atom stereocenters. The molecule has 2 aromatic heterocycles. The first-order valence-corrected chi connectivity index (χ1v) is 16.4. The molecule has 1 amide bonds. The second-order valence-corrected chi connectivity index (χ2v) is 13.3. The first kappa shape index (κ1) is 28.1. The predicted octanol–water partition coefficient (Wildman–Crippen LogP) is 6.82. The van der Waals surface area contributed by atoms with Crippen molar-refractivity contribution in [1.29, 1.82) is 0 Å². The largest absolute Gasteiger partial charge is 0.494 e. The van der Waals surface area contributed by atoms with Crippen molar-refractivity contribution in [2.45, 2.75) is 57.2 Å². The molecule has 7 heteroatoms. The summed E-state index contributed by atoms with van der Waals surface area (Å²) in [5, 5.41) is 1.21. The summed E-state index contributed by atoms with van der Waals surface area (Å²) in [5.41, 5.74) is 13.6. The zero-order chi connectivity index (χ0) is 30.7. The second kappa shape index (κ2) is 11.2. The van der Waals surface area contributed by atoms with Crippen LogP contribution in [0.1, 0.15) is 53.6 Å². The number of imidazole rings is 1. The third-order valence-electron chi connectivity index (χ3n) is 10.4. The molecule has 5 aromatic rings. The summed E-state index contributed by atoms with van der Waals surface area (Å²) in [4.78, 5) is 20.9. The molecule has 3 heterocycles. The maximum absolute atomic E-state index is 13.7. The van der Waals surface area contributed by atoms with E-state index in [1.54, 1.807) is 7.11 Å². The number of likely N-dealkylation sites (tertiary alicyclic amines) is 1. The van der Waals surface area contributed by atoms with Gasteiger partial charge in [-0.2, -0.15) is 0 Å². The van der Waals surface area contributed by atoms with Crippen molar-refractivity contribution in [3.63, 3.8) is 0 Å². The van der Waals surface area contributed by atoms with E-state index in [9.17, 15) is 4.79 Å². The Labute approximate surface area is 264 Å². The number of fused-ring (bicyclic) bond motifs is 4. The first-order chi connectivity index (χ1) is 22.0. The maximum atomic E-state index is 13.7. The highest BCUT2D eigenvalue weighted by Crippen LogP contribution is 2.40. The molecule has 2 saturated carbocycles. The van der Waals surface area contributed by atoms with Crippen molar-refractivity contribution >= 4 is 33.9 Å². The Hall–Kier alpha value is -4.36.